The first-order valence-electron chi connectivity index (χ1n) is 7.15. The van der Waals surface area contributed by atoms with E-state index in [2.05, 4.69) is 4.98 Å². The van der Waals surface area contributed by atoms with Crippen LogP contribution in [0.3, 0.4) is 0 Å². The second-order valence-corrected chi connectivity index (χ2v) is 4.88. The Labute approximate surface area is 130 Å². The Kier molecular flexibility index (Phi) is 5.61. The number of benzene rings is 1. The molecule has 0 unspecified atom stereocenters. The maximum Gasteiger partial charge on any atom is 0.161 e. The Morgan fingerprint density at radius 1 is 1.14 bits per heavy atom. The number of Topliss-reactive ketones (excluding diaryl/α,β-unsaturated/α-hetero) is 1. The number of ether oxygens (including phenoxy) is 3. The minimum atomic E-state index is 0.0228. The molecular formula is C17H21NO4. The van der Waals surface area contributed by atoms with Gasteiger partial charge in [0.05, 0.1) is 19.4 Å². The standard InChI is InChI=1S/C17H21NO4/c1-12(19)14-7-8-18-17(14)13-5-6-15(21-3)16(11-13)22-10-4-9-20-2/h5-8,11,18H,4,9-10H2,1-3H3. The van der Waals surface area contributed by atoms with E-state index in [1.165, 1.54) is 0 Å². The molecule has 118 valence electrons. The van der Waals surface area contributed by atoms with Crippen LogP contribution in [0.1, 0.15) is 23.7 Å². The van der Waals surface area contributed by atoms with Crippen molar-refractivity contribution in [3.8, 4) is 22.8 Å². The molecule has 5 nitrogen and oxygen atoms in total. The molecule has 1 aromatic carbocycles. The van der Waals surface area contributed by atoms with Crippen LogP contribution in [0.4, 0.5) is 0 Å². The number of carbonyl (C=O) groups is 1. The van der Waals surface area contributed by atoms with Crippen molar-refractivity contribution in [2.45, 2.75) is 13.3 Å². The number of carbonyl (C=O) groups excluding carboxylic acids is 1. The van der Waals surface area contributed by atoms with Gasteiger partial charge in [0.2, 0.25) is 0 Å². The van der Waals surface area contributed by atoms with Crippen LogP contribution in [-0.4, -0.2) is 38.2 Å². The van der Waals surface area contributed by atoms with Gasteiger partial charge in [-0.3, -0.25) is 4.79 Å². The summed E-state index contributed by atoms with van der Waals surface area (Å²) in [7, 11) is 3.27. The van der Waals surface area contributed by atoms with Gasteiger partial charge < -0.3 is 19.2 Å². The number of hydrogen-bond donors (Lipinski definition) is 1. The largest absolute Gasteiger partial charge is 0.493 e. The van der Waals surface area contributed by atoms with E-state index in [4.69, 9.17) is 14.2 Å². The van der Waals surface area contributed by atoms with Crippen molar-refractivity contribution in [2.24, 2.45) is 0 Å². The van der Waals surface area contributed by atoms with Crippen LogP contribution >= 0.6 is 0 Å². The van der Waals surface area contributed by atoms with Crippen LogP contribution in [0.25, 0.3) is 11.3 Å². The molecule has 0 atom stereocenters. The van der Waals surface area contributed by atoms with Crippen molar-refractivity contribution in [3.63, 3.8) is 0 Å². The molecule has 22 heavy (non-hydrogen) atoms. The summed E-state index contributed by atoms with van der Waals surface area (Å²) in [5.74, 6) is 1.34. The number of aromatic nitrogens is 1. The number of H-pyrrole nitrogens is 1. The van der Waals surface area contributed by atoms with E-state index in [1.54, 1.807) is 33.4 Å². The summed E-state index contributed by atoms with van der Waals surface area (Å²) < 4.78 is 16.1. The lowest BCUT2D eigenvalue weighted by molar-refractivity contribution is 0.101. The Morgan fingerprint density at radius 3 is 2.64 bits per heavy atom. The lowest BCUT2D eigenvalue weighted by Crippen LogP contribution is -2.03. The van der Waals surface area contributed by atoms with Crippen LogP contribution in [0, 0.1) is 0 Å². The number of ketones is 1. The lowest BCUT2D eigenvalue weighted by Gasteiger charge is -2.12. The van der Waals surface area contributed by atoms with Crippen molar-refractivity contribution >= 4 is 5.78 Å². The van der Waals surface area contributed by atoms with Gasteiger partial charge in [0, 0.05) is 37.5 Å². The average molecular weight is 303 g/mol. The second kappa shape index (κ2) is 7.66. The molecule has 0 aliphatic heterocycles. The second-order valence-electron chi connectivity index (χ2n) is 4.88. The van der Waals surface area contributed by atoms with Crippen molar-refractivity contribution in [1.29, 1.82) is 0 Å². The molecule has 1 aromatic heterocycles. The first-order valence-corrected chi connectivity index (χ1v) is 7.15. The molecule has 0 spiro atoms. The molecule has 5 heteroatoms. The first kappa shape index (κ1) is 16.1. The van der Waals surface area contributed by atoms with Crippen LogP contribution in [0.15, 0.2) is 30.5 Å². The fourth-order valence-electron chi connectivity index (χ4n) is 2.23. The van der Waals surface area contributed by atoms with Gasteiger partial charge in [-0.25, -0.2) is 0 Å². The summed E-state index contributed by atoms with van der Waals surface area (Å²) in [5.41, 5.74) is 2.34. The van der Waals surface area contributed by atoms with E-state index in [0.717, 1.165) is 17.7 Å². The zero-order valence-corrected chi connectivity index (χ0v) is 13.1. The molecule has 0 amide bonds. The van der Waals surface area contributed by atoms with Gasteiger partial charge in [0.25, 0.3) is 0 Å². The highest BCUT2D eigenvalue weighted by Crippen LogP contribution is 2.33. The predicted octanol–water partition coefficient (Wildman–Crippen LogP) is 3.31. The van der Waals surface area contributed by atoms with E-state index < -0.39 is 0 Å². The number of aromatic amines is 1. The minimum absolute atomic E-state index is 0.0228. The number of nitrogens with one attached hydrogen (secondary N) is 1. The zero-order chi connectivity index (χ0) is 15.9. The van der Waals surface area contributed by atoms with Crippen LogP contribution in [0.5, 0.6) is 11.5 Å². The monoisotopic (exact) mass is 303 g/mol. The number of hydrogen-bond acceptors (Lipinski definition) is 4. The summed E-state index contributed by atoms with van der Waals surface area (Å²) in [4.78, 5) is 14.8. The van der Waals surface area contributed by atoms with Gasteiger partial charge in [-0.15, -0.1) is 0 Å². The summed E-state index contributed by atoms with van der Waals surface area (Å²) in [6.07, 6.45) is 2.56. The van der Waals surface area contributed by atoms with Gasteiger partial charge in [-0.05, 0) is 31.2 Å². The highest BCUT2D eigenvalue weighted by Gasteiger charge is 2.13. The highest BCUT2D eigenvalue weighted by molar-refractivity contribution is 6.00. The summed E-state index contributed by atoms with van der Waals surface area (Å²) in [6.45, 7) is 2.74. The fraction of sp³-hybridized carbons (Fsp3) is 0.353. The molecule has 2 aromatic rings. The molecule has 2 rings (SSSR count). The smallest absolute Gasteiger partial charge is 0.161 e. The van der Waals surface area contributed by atoms with Crippen molar-refractivity contribution < 1.29 is 19.0 Å². The Bertz CT molecular complexity index is 633. The highest BCUT2D eigenvalue weighted by atomic mass is 16.5. The Balaban J connectivity index is 2.26. The number of methoxy groups -OCH3 is 2. The van der Waals surface area contributed by atoms with Crippen molar-refractivity contribution in [3.05, 3.63) is 36.0 Å². The molecular weight excluding hydrogens is 282 g/mol. The van der Waals surface area contributed by atoms with Crippen molar-refractivity contribution in [1.82, 2.24) is 4.98 Å². The van der Waals surface area contributed by atoms with E-state index in [1.807, 2.05) is 18.2 Å². The van der Waals surface area contributed by atoms with E-state index in [9.17, 15) is 4.79 Å². The number of rotatable bonds is 8. The average Bonchev–Trinajstić information content (AvgIpc) is 3.01. The first-order chi connectivity index (χ1) is 10.7. The molecule has 1 heterocycles. The summed E-state index contributed by atoms with van der Waals surface area (Å²) in [6, 6.07) is 7.40. The van der Waals surface area contributed by atoms with Gasteiger partial charge >= 0.3 is 0 Å². The van der Waals surface area contributed by atoms with Gasteiger partial charge in [-0.1, -0.05) is 0 Å². The van der Waals surface area contributed by atoms with Gasteiger partial charge in [0.1, 0.15) is 0 Å². The van der Waals surface area contributed by atoms with Gasteiger partial charge in [0.15, 0.2) is 17.3 Å². The normalized spacial score (nSPS) is 10.5. The molecule has 0 aliphatic carbocycles. The van der Waals surface area contributed by atoms with Crippen LogP contribution in [0.2, 0.25) is 0 Å². The van der Waals surface area contributed by atoms with E-state index >= 15 is 0 Å². The van der Waals surface area contributed by atoms with Crippen LogP contribution < -0.4 is 9.47 Å². The third-order valence-electron chi connectivity index (χ3n) is 3.33. The van der Waals surface area contributed by atoms with Crippen LogP contribution in [-0.2, 0) is 4.74 Å². The SMILES string of the molecule is COCCCOc1cc(-c2[nH]ccc2C(C)=O)ccc1OC. The molecule has 0 bridgehead atoms. The predicted molar refractivity (Wildman–Crippen MR) is 84.8 cm³/mol. The molecule has 1 N–H and O–H groups in total. The zero-order valence-electron chi connectivity index (χ0n) is 13.1. The topological polar surface area (TPSA) is 60.5 Å². The fourth-order valence-corrected chi connectivity index (χ4v) is 2.23. The molecule has 0 saturated heterocycles. The van der Waals surface area contributed by atoms with E-state index in [0.29, 0.717) is 30.3 Å². The third-order valence-corrected chi connectivity index (χ3v) is 3.33. The maximum atomic E-state index is 11.7. The maximum absolute atomic E-state index is 11.7. The molecule has 0 fully saturated rings. The Hall–Kier alpha value is -2.27. The quantitative estimate of drug-likeness (QED) is 0.600. The third kappa shape index (κ3) is 3.68. The summed E-state index contributed by atoms with van der Waals surface area (Å²) >= 11 is 0. The molecule has 0 radical (unpaired) electrons. The summed E-state index contributed by atoms with van der Waals surface area (Å²) in [5, 5.41) is 0. The Morgan fingerprint density at radius 2 is 1.95 bits per heavy atom. The van der Waals surface area contributed by atoms with Crippen molar-refractivity contribution in [2.75, 3.05) is 27.4 Å². The van der Waals surface area contributed by atoms with Gasteiger partial charge in [-0.2, -0.15) is 0 Å². The lowest BCUT2D eigenvalue weighted by atomic mass is 10.1. The minimum Gasteiger partial charge on any atom is -0.493 e. The van der Waals surface area contributed by atoms with E-state index in [-0.39, 0.29) is 5.78 Å². The molecule has 0 aliphatic rings. The molecule has 0 saturated carbocycles.